The summed E-state index contributed by atoms with van der Waals surface area (Å²) in [6.45, 7) is 5.42. The van der Waals surface area contributed by atoms with Crippen molar-refractivity contribution in [2.75, 3.05) is 18.5 Å². The molecule has 1 aliphatic heterocycles. The SMILES string of the molecule is CCOCc1cnc(Cl)nc1Oc1ccc2c(ccc3sc4c(c32)NC[C@H](C)NC4=O)n1. The van der Waals surface area contributed by atoms with E-state index in [0.29, 0.717) is 42.0 Å². The second-order valence-electron chi connectivity index (χ2n) is 7.43. The van der Waals surface area contributed by atoms with Gasteiger partial charge in [0.2, 0.25) is 17.0 Å². The second-order valence-corrected chi connectivity index (χ2v) is 8.82. The van der Waals surface area contributed by atoms with Crippen LogP contribution in [0.25, 0.3) is 21.0 Å². The largest absolute Gasteiger partial charge is 0.420 e. The van der Waals surface area contributed by atoms with Crippen LogP contribution >= 0.6 is 22.9 Å². The van der Waals surface area contributed by atoms with Crippen molar-refractivity contribution in [3.05, 3.63) is 46.2 Å². The average Bonchev–Trinajstić information content (AvgIpc) is 3.09. The van der Waals surface area contributed by atoms with Gasteiger partial charge in [-0.3, -0.25) is 4.79 Å². The number of halogens is 1. The van der Waals surface area contributed by atoms with Crippen molar-refractivity contribution in [3.63, 3.8) is 0 Å². The first-order chi connectivity index (χ1) is 15.5. The molecule has 8 nitrogen and oxygen atoms in total. The van der Waals surface area contributed by atoms with Crippen LogP contribution in [0.3, 0.4) is 0 Å². The van der Waals surface area contributed by atoms with Gasteiger partial charge >= 0.3 is 0 Å². The maximum absolute atomic E-state index is 12.6. The van der Waals surface area contributed by atoms with Crippen LogP contribution in [-0.4, -0.2) is 40.1 Å². The molecule has 1 aromatic carbocycles. The van der Waals surface area contributed by atoms with E-state index >= 15 is 0 Å². The van der Waals surface area contributed by atoms with Gasteiger partial charge in [0, 0.05) is 46.9 Å². The maximum atomic E-state index is 12.6. The first-order valence-electron chi connectivity index (χ1n) is 10.2. The van der Waals surface area contributed by atoms with E-state index in [1.54, 1.807) is 12.3 Å². The second kappa shape index (κ2) is 8.50. The molecule has 164 valence electrons. The number of hydrogen-bond acceptors (Lipinski definition) is 8. The lowest BCUT2D eigenvalue weighted by atomic mass is 10.1. The average molecular weight is 470 g/mol. The minimum atomic E-state index is -0.0535. The molecular weight excluding hydrogens is 450 g/mol. The number of rotatable bonds is 5. The van der Waals surface area contributed by atoms with E-state index in [2.05, 4.69) is 25.6 Å². The maximum Gasteiger partial charge on any atom is 0.263 e. The third-order valence-corrected chi connectivity index (χ3v) is 6.46. The van der Waals surface area contributed by atoms with E-state index in [9.17, 15) is 4.79 Å². The number of carbonyl (C=O) groups is 1. The summed E-state index contributed by atoms with van der Waals surface area (Å²) in [5.41, 5.74) is 2.29. The molecule has 4 heterocycles. The Morgan fingerprint density at radius 1 is 1.25 bits per heavy atom. The van der Waals surface area contributed by atoms with Crippen molar-refractivity contribution in [1.82, 2.24) is 20.3 Å². The molecule has 1 atom stereocenters. The Labute approximate surface area is 192 Å². The summed E-state index contributed by atoms with van der Waals surface area (Å²) in [4.78, 5) is 26.2. The Morgan fingerprint density at radius 2 is 2.12 bits per heavy atom. The van der Waals surface area contributed by atoms with Crippen LogP contribution in [0.4, 0.5) is 5.69 Å². The molecule has 3 aromatic heterocycles. The number of nitrogens with zero attached hydrogens (tertiary/aromatic N) is 3. The van der Waals surface area contributed by atoms with E-state index in [-0.39, 0.29) is 17.2 Å². The third-order valence-electron chi connectivity index (χ3n) is 5.12. The highest BCUT2D eigenvalue weighted by molar-refractivity contribution is 7.21. The van der Waals surface area contributed by atoms with Gasteiger partial charge in [0.1, 0.15) is 4.88 Å². The molecule has 1 aliphatic rings. The van der Waals surface area contributed by atoms with Gasteiger partial charge in [-0.25, -0.2) is 9.97 Å². The smallest absolute Gasteiger partial charge is 0.263 e. The van der Waals surface area contributed by atoms with Gasteiger partial charge in [0.25, 0.3) is 5.91 Å². The highest BCUT2D eigenvalue weighted by Gasteiger charge is 2.24. The van der Waals surface area contributed by atoms with Crippen LogP contribution in [-0.2, 0) is 11.3 Å². The zero-order valence-corrected chi connectivity index (χ0v) is 19.0. The fourth-order valence-electron chi connectivity index (χ4n) is 3.63. The monoisotopic (exact) mass is 469 g/mol. The summed E-state index contributed by atoms with van der Waals surface area (Å²) in [7, 11) is 0. The van der Waals surface area contributed by atoms with Gasteiger partial charge in [0.15, 0.2) is 0 Å². The molecule has 0 unspecified atom stereocenters. The molecule has 0 saturated carbocycles. The van der Waals surface area contributed by atoms with Crippen molar-refractivity contribution in [1.29, 1.82) is 0 Å². The Balaban J connectivity index is 1.55. The number of carbonyl (C=O) groups excluding carboxylic acids is 1. The zero-order chi connectivity index (χ0) is 22.2. The summed E-state index contributed by atoms with van der Waals surface area (Å²) in [6.07, 6.45) is 1.59. The number of amides is 1. The van der Waals surface area contributed by atoms with Gasteiger partial charge in [-0.2, -0.15) is 4.98 Å². The summed E-state index contributed by atoms with van der Waals surface area (Å²) < 4.78 is 12.4. The number of ether oxygens (including phenoxy) is 2. The fraction of sp³-hybridized carbons (Fsp3) is 0.273. The van der Waals surface area contributed by atoms with Crippen LogP contribution in [0.1, 0.15) is 29.1 Å². The van der Waals surface area contributed by atoms with Gasteiger partial charge in [-0.05, 0) is 43.6 Å². The molecule has 0 aliphatic carbocycles. The molecule has 0 saturated heterocycles. The lowest BCUT2D eigenvalue weighted by Crippen LogP contribution is -2.34. The van der Waals surface area contributed by atoms with E-state index in [1.807, 2.05) is 32.0 Å². The molecule has 1 amide bonds. The number of anilines is 1. The van der Waals surface area contributed by atoms with Crippen LogP contribution < -0.4 is 15.4 Å². The molecule has 0 fully saturated rings. The number of benzene rings is 1. The van der Waals surface area contributed by atoms with Gasteiger partial charge in [0.05, 0.1) is 23.4 Å². The van der Waals surface area contributed by atoms with Gasteiger partial charge in [-0.1, -0.05) is 0 Å². The summed E-state index contributed by atoms with van der Waals surface area (Å²) in [5.74, 6) is 0.635. The Bertz CT molecular complexity index is 1340. The lowest BCUT2D eigenvalue weighted by Gasteiger charge is -2.11. The van der Waals surface area contributed by atoms with Crippen molar-refractivity contribution in [2.24, 2.45) is 0 Å². The summed E-state index contributed by atoms with van der Waals surface area (Å²) in [5, 5.41) is 8.46. The number of fused-ring (bicyclic) bond motifs is 5. The van der Waals surface area contributed by atoms with Crippen molar-refractivity contribution in [2.45, 2.75) is 26.5 Å². The third kappa shape index (κ3) is 3.83. The highest BCUT2D eigenvalue weighted by atomic mass is 35.5. The van der Waals surface area contributed by atoms with E-state index < -0.39 is 0 Å². The highest BCUT2D eigenvalue weighted by Crippen LogP contribution is 2.41. The van der Waals surface area contributed by atoms with Gasteiger partial charge < -0.3 is 20.1 Å². The molecule has 0 radical (unpaired) electrons. The molecule has 0 bridgehead atoms. The van der Waals surface area contributed by atoms with Crippen molar-refractivity contribution >= 4 is 55.5 Å². The Morgan fingerprint density at radius 3 is 2.97 bits per heavy atom. The Kier molecular flexibility index (Phi) is 5.54. The molecule has 5 rings (SSSR count). The van der Waals surface area contributed by atoms with E-state index in [4.69, 9.17) is 21.1 Å². The van der Waals surface area contributed by atoms with Crippen LogP contribution in [0.2, 0.25) is 5.28 Å². The molecule has 2 N–H and O–H groups in total. The Hall–Kier alpha value is -3.01. The first-order valence-corrected chi connectivity index (χ1v) is 11.4. The van der Waals surface area contributed by atoms with Crippen molar-refractivity contribution < 1.29 is 14.3 Å². The standard InChI is InChI=1S/C22H20ClN5O3S/c1-3-30-10-12-9-25-22(23)28-21(12)31-16-7-4-13-14(27-16)5-6-15-17(13)18-19(32-15)20(29)26-11(2)8-24-18/h4-7,9,11,24H,3,8,10H2,1-2H3,(H,26,29)/t11-/m0/s1. The van der Waals surface area contributed by atoms with E-state index in [1.165, 1.54) is 11.3 Å². The van der Waals surface area contributed by atoms with Crippen LogP contribution in [0.5, 0.6) is 11.8 Å². The zero-order valence-electron chi connectivity index (χ0n) is 17.4. The molecule has 4 aromatic rings. The summed E-state index contributed by atoms with van der Waals surface area (Å²) >= 11 is 7.44. The van der Waals surface area contributed by atoms with Crippen LogP contribution in [0, 0.1) is 0 Å². The minimum Gasteiger partial charge on any atom is -0.420 e. The molecular formula is C22H20ClN5O3S. The number of aromatic nitrogens is 3. The number of thiophene rings is 1. The predicted molar refractivity (Wildman–Crippen MR) is 125 cm³/mol. The quantitative estimate of drug-likeness (QED) is 0.406. The number of hydrogen-bond donors (Lipinski definition) is 2. The normalized spacial score (nSPS) is 15.8. The van der Waals surface area contributed by atoms with E-state index in [0.717, 1.165) is 26.7 Å². The number of nitrogens with one attached hydrogen (secondary N) is 2. The predicted octanol–water partition coefficient (Wildman–Crippen LogP) is 4.77. The molecule has 32 heavy (non-hydrogen) atoms. The number of pyridine rings is 1. The fourth-order valence-corrected chi connectivity index (χ4v) is 4.86. The van der Waals surface area contributed by atoms with Crippen molar-refractivity contribution in [3.8, 4) is 11.8 Å². The molecule has 10 heteroatoms. The van der Waals surface area contributed by atoms with Crippen LogP contribution in [0.15, 0.2) is 30.5 Å². The van der Waals surface area contributed by atoms with Gasteiger partial charge in [-0.15, -0.1) is 11.3 Å². The summed E-state index contributed by atoms with van der Waals surface area (Å²) in [6, 6.07) is 7.69. The first kappa shape index (κ1) is 20.9. The topological polar surface area (TPSA) is 98.3 Å². The molecule has 0 spiro atoms. The minimum absolute atomic E-state index is 0.0517. The lowest BCUT2D eigenvalue weighted by molar-refractivity contribution is 0.0949.